The van der Waals surface area contributed by atoms with Gasteiger partial charge in [-0.05, 0) is 39.4 Å². The predicted octanol–water partition coefficient (Wildman–Crippen LogP) is 2.77. The lowest BCUT2D eigenvalue weighted by atomic mass is 10.1. The first-order valence-electron chi connectivity index (χ1n) is 6.56. The smallest absolute Gasteiger partial charge is 0.298 e. The number of nitrogens with one attached hydrogen (secondary N) is 1. The molecule has 7 heteroatoms. The van der Waals surface area contributed by atoms with Crippen LogP contribution in [0.1, 0.15) is 19.3 Å². The molecule has 2 rings (SSSR count). The Morgan fingerprint density at radius 1 is 1.35 bits per heavy atom. The number of hydrogen-bond donors (Lipinski definition) is 1. The van der Waals surface area contributed by atoms with E-state index >= 15 is 0 Å². The third-order valence-corrected chi connectivity index (χ3v) is 3.53. The number of hydrogen-bond acceptors (Lipinski definition) is 4. The average molecular weight is 285 g/mol. The quantitative estimate of drug-likeness (QED) is 0.685. The van der Waals surface area contributed by atoms with Crippen LogP contribution in [-0.4, -0.2) is 36.0 Å². The first-order valence-corrected chi connectivity index (χ1v) is 6.56. The van der Waals surface area contributed by atoms with Crippen LogP contribution in [0.2, 0.25) is 0 Å². The van der Waals surface area contributed by atoms with Gasteiger partial charge in [-0.25, -0.2) is 8.78 Å². The van der Waals surface area contributed by atoms with Gasteiger partial charge in [0.05, 0.1) is 11.0 Å². The summed E-state index contributed by atoms with van der Waals surface area (Å²) >= 11 is 0. The topological polar surface area (TPSA) is 58.4 Å². The third kappa shape index (κ3) is 3.41. The van der Waals surface area contributed by atoms with Crippen molar-refractivity contribution in [2.24, 2.45) is 0 Å². The summed E-state index contributed by atoms with van der Waals surface area (Å²) < 4.78 is 26.9. The molecular formula is C13H17F2N3O2. The molecule has 1 unspecified atom stereocenters. The van der Waals surface area contributed by atoms with Crippen molar-refractivity contribution >= 4 is 11.4 Å². The van der Waals surface area contributed by atoms with Crippen molar-refractivity contribution in [3.8, 4) is 0 Å². The van der Waals surface area contributed by atoms with E-state index in [9.17, 15) is 18.9 Å². The number of rotatable bonds is 3. The van der Waals surface area contributed by atoms with Crippen LogP contribution in [0, 0.1) is 21.7 Å². The highest BCUT2D eigenvalue weighted by Crippen LogP contribution is 2.30. The Hall–Kier alpha value is -1.76. The molecule has 1 atom stereocenters. The lowest BCUT2D eigenvalue weighted by Crippen LogP contribution is -2.23. The molecule has 20 heavy (non-hydrogen) atoms. The lowest BCUT2D eigenvalue weighted by molar-refractivity contribution is -0.384. The van der Waals surface area contributed by atoms with Crippen molar-refractivity contribution in [1.29, 1.82) is 0 Å². The van der Waals surface area contributed by atoms with Crippen molar-refractivity contribution in [2.45, 2.75) is 25.3 Å². The maximum atomic E-state index is 13.8. The summed E-state index contributed by atoms with van der Waals surface area (Å²) in [6.45, 7) is 1.79. The highest BCUT2D eigenvalue weighted by Gasteiger charge is 2.24. The fourth-order valence-electron chi connectivity index (χ4n) is 2.44. The van der Waals surface area contributed by atoms with Crippen molar-refractivity contribution in [1.82, 2.24) is 4.90 Å². The highest BCUT2D eigenvalue weighted by molar-refractivity contribution is 5.63. The minimum atomic E-state index is -0.944. The second-order valence-electron chi connectivity index (χ2n) is 5.11. The third-order valence-electron chi connectivity index (χ3n) is 3.53. The van der Waals surface area contributed by atoms with Gasteiger partial charge >= 0.3 is 0 Å². The molecule has 1 heterocycles. The zero-order valence-electron chi connectivity index (χ0n) is 11.2. The molecule has 1 saturated heterocycles. The van der Waals surface area contributed by atoms with Crippen LogP contribution in [0.3, 0.4) is 0 Å². The predicted molar refractivity (Wildman–Crippen MR) is 71.8 cm³/mol. The molecule has 0 aliphatic carbocycles. The first kappa shape index (κ1) is 14.6. The summed E-state index contributed by atoms with van der Waals surface area (Å²) in [5.41, 5.74) is -0.772. The normalized spacial score (nSPS) is 20.4. The van der Waals surface area contributed by atoms with Gasteiger partial charge in [0.15, 0.2) is 5.82 Å². The number of benzene rings is 1. The molecule has 1 aromatic carbocycles. The summed E-state index contributed by atoms with van der Waals surface area (Å²) in [5, 5.41) is 13.8. The summed E-state index contributed by atoms with van der Waals surface area (Å²) in [6.07, 6.45) is 2.51. The van der Waals surface area contributed by atoms with E-state index in [2.05, 4.69) is 10.2 Å². The maximum absolute atomic E-state index is 13.8. The standard InChI is InChI=1S/C13H17F2N3O2/c1-17-5-2-3-10(4-6-17)16-13-11(15)7-9(14)8-12(13)18(19)20/h7-8,10,16H,2-6H2,1H3. The van der Waals surface area contributed by atoms with E-state index in [-0.39, 0.29) is 11.7 Å². The van der Waals surface area contributed by atoms with E-state index in [4.69, 9.17) is 0 Å². The monoisotopic (exact) mass is 285 g/mol. The van der Waals surface area contributed by atoms with E-state index < -0.39 is 22.2 Å². The molecule has 0 aromatic heterocycles. The lowest BCUT2D eigenvalue weighted by Gasteiger charge is -2.18. The highest BCUT2D eigenvalue weighted by atomic mass is 19.1. The summed E-state index contributed by atoms with van der Waals surface area (Å²) in [5.74, 6) is -1.87. The van der Waals surface area contributed by atoms with E-state index in [1.54, 1.807) is 0 Å². The van der Waals surface area contributed by atoms with E-state index in [0.717, 1.165) is 38.4 Å². The average Bonchev–Trinajstić information content (AvgIpc) is 2.57. The van der Waals surface area contributed by atoms with Gasteiger partial charge in [-0.3, -0.25) is 10.1 Å². The van der Waals surface area contributed by atoms with E-state index in [1.807, 2.05) is 7.05 Å². The Kier molecular flexibility index (Phi) is 4.49. The number of nitrogens with zero attached hydrogens (tertiary/aromatic N) is 2. The molecule has 1 aromatic rings. The molecule has 1 fully saturated rings. The van der Waals surface area contributed by atoms with Crippen LogP contribution in [0.5, 0.6) is 0 Å². The van der Waals surface area contributed by atoms with Gasteiger partial charge in [-0.1, -0.05) is 0 Å². The molecule has 0 bridgehead atoms. The number of nitro benzene ring substituents is 1. The number of anilines is 1. The zero-order valence-corrected chi connectivity index (χ0v) is 11.2. The fraction of sp³-hybridized carbons (Fsp3) is 0.538. The van der Waals surface area contributed by atoms with Crippen molar-refractivity contribution in [2.75, 3.05) is 25.5 Å². The van der Waals surface area contributed by atoms with Crippen LogP contribution in [0.4, 0.5) is 20.2 Å². The molecule has 1 N–H and O–H groups in total. The molecular weight excluding hydrogens is 268 g/mol. The summed E-state index contributed by atoms with van der Waals surface area (Å²) in [6, 6.07) is 1.37. The van der Waals surface area contributed by atoms with Gasteiger partial charge in [0.2, 0.25) is 0 Å². The molecule has 5 nitrogen and oxygen atoms in total. The first-order chi connectivity index (χ1) is 9.47. The summed E-state index contributed by atoms with van der Waals surface area (Å²) in [7, 11) is 2.00. The molecule has 0 radical (unpaired) electrons. The van der Waals surface area contributed by atoms with Crippen LogP contribution in [0.15, 0.2) is 12.1 Å². The summed E-state index contributed by atoms with van der Waals surface area (Å²) in [4.78, 5) is 12.3. The van der Waals surface area contributed by atoms with Crippen molar-refractivity contribution in [3.63, 3.8) is 0 Å². The Morgan fingerprint density at radius 3 is 2.80 bits per heavy atom. The van der Waals surface area contributed by atoms with Gasteiger partial charge in [0.25, 0.3) is 5.69 Å². The number of halogens is 2. The van der Waals surface area contributed by atoms with Crippen LogP contribution < -0.4 is 5.32 Å². The van der Waals surface area contributed by atoms with Crippen LogP contribution in [-0.2, 0) is 0 Å². The minimum absolute atomic E-state index is 0.0430. The SMILES string of the molecule is CN1CCCC(Nc2c(F)cc(F)cc2[N+](=O)[O-])CC1. The Labute approximate surface area is 115 Å². The van der Waals surface area contributed by atoms with Crippen molar-refractivity contribution < 1.29 is 13.7 Å². The zero-order chi connectivity index (χ0) is 14.7. The molecule has 0 saturated carbocycles. The molecule has 0 amide bonds. The van der Waals surface area contributed by atoms with Gasteiger partial charge < -0.3 is 10.2 Å². The molecule has 1 aliphatic heterocycles. The van der Waals surface area contributed by atoms with E-state index in [0.29, 0.717) is 6.07 Å². The van der Waals surface area contributed by atoms with Gasteiger partial charge in [0, 0.05) is 12.1 Å². The molecule has 0 spiro atoms. The van der Waals surface area contributed by atoms with Gasteiger partial charge in [-0.2, -0.15) is 0 Å². The minimum Gasteiger partial charge on any atom is -0.374 e. The second kappa shape index (κ2) is 6.13. The van der Waals surface area contributed by atoms with Gasteiger partial charge in [-0.15, -0.1) is 0 Å². The number of likely N-dealkylation sites (tertiary alicyclic amines) is 1. The fourth-order valence-corrected chi connectivity index (χ4v) is 2.44. The van der Waals surface area contributed by atoms with Crippen LogP contribution in [0.25, 0.3) is 0 Å². The molecule has 110 valence electrons. The second-order valence-corrected chi connectivity index (χ2v) is 5.11. The maximum Gasteiger partial charge on any atom is 0.298 e. The van der Waals surface area contributed by atoms with E-state index in [1.165, 1.54) is 0 Å². The molecule has 1 aliphatic rings. The van der Waals surface area contributed by atoms with Crippen LogP contribution >= 0.6 is 0 Å². The Morgan fingerprint density at radius 2 is 2.10 bits per heavy atom. The Bertz CT molecular complexity index is 511. The van der Waals surface area contributed by atoms with Gasteiger partial charge in [0.1, 0.15) is 11.5 Å². The van der Waals surface area contributed by atoms with Crippen molar-refractivity contribution in [3.05, 3.63) is 33.9 Å². The number of nitro groups is 1. The largest absolute Gasteiger partial charge is 0.374 e. The Balaban J connectivity index is 2.22.